The fraction of sp³-hybridized carbons (Fsp3) is 0.500. The largest absolute Gasteiger partial charge is 0.394 e. The molecule has 0 atom stereocenters. The molecule has 0 saturated carbocycles. The molecule has 0 aromatic heterocycles. The predicted molar refractivity (Wildman–Crippen MR) is 36.9 cm³/mol. The van der Waals surface area contributed by atoms with Gasteiger partial charge in [-0.2, -0.15) is 0 Å². The molecule has 0 rings (SSSR count). The van der Waals surface area contributed by atoms with E-state index in [-0.39, 0.29) is 5.91 Å². The van der Waals surface area contributed by atoms with Gasteiger partial charge in [0.2, 0.25) is 5.91 Å². The van der Waals surface area contributed by atoms with Crippen LogP contribution < -0.4 is 5.32 Å². The van der Waals surface area contributed by atoms with E-state index in [2.05, 4.69) is 5.32 Å². The molecule has 3 nitrogen and oxygen atoms in total. The molecule has 0 bridgehead atoms. The zero-order chi connectivity index (χ0) is 7.28. The molecular formula is C6H12N2O. The summed E-state index contributed by atoms with van der Waals surface area (Å²) in [6.45, 7) is 0. The van der Waals surface area contributed by atoms with E-state index in [1.807, 2.05) is 0 Å². The average molecular weight is 128 g/mol. The Morgan fingerprint density at radius 3 is 2.44 bits per heavy atom. The lowest BCUT2D eigenvalue weighted by molar-refractivity contribution is -0.123. The minimum Gasteiger partial charge on any atom is -0.394 e. The van der Waals surface area contributed by atoms with Crippen molar-refractivity contribution < 1.29 is 4.79 Å². The normalized spacial score (nSPS) is 9.67. The molecule has 9 heavy (non-hydrogen) atoms. The Morgan fingerprint density at radius 2 is 2.11 bits per heavy atom. The molecule has 0 aromatic rings. The minimum absolute atomic E-state index is 0.00986. The molecule has 1 N–H and O–H groups in total. The van der Waals surface area contributed by atoms with Crippen molar-refractivity contribution in [3.63, 3.8) is 0 Å². The van der Waals surface area contributed by atoms with E-state index in [0.29, 0.717) is 0 Å². The highest BCUT2D eigenvalue weighted by molar-refractivity contribution is 5.86. The Bertz CT molecular complexity index is 118. The Morgan fingerprint density at radius 1 is 1.56 bits per heavy atom. The van der Waals surface area contributed by atoms with Gasteiger partial charge >= 0.3 is 0 Å². The molecule has 0 fully saturated rings. The monoisotopic (exact) mass is 128 g/mol. The Balaban J connectivity index is 3.63. The first-order valence-corrected chi connectivity index (χ1v) is 2.73. The fourth-order valence-electron chi connectivity index (χ4n) is 0.304. The summed E-state index contributed by atoms with van der Waals surface area (Å²) in [5, 5.41) is 2.73. The minimum atomic E-state index is -0.00986. The molecule has 3 heteroatoms. The average Bonchev–Trinajstić information content (AvgIpc) is 1.82. The van der Waals surface area contributed by atoms with Crippen LogP contribution in [0.25, 0.3) is 0 Å². The number of hydrogen-bond acceptors (Lipinski definition) is 2. The maximum atomic E-state index is 10.7. The number of rotatable bonds is 2. The Labute approximate surface area is 55.3 Å². The number of likely N-dealkylation sites (N-methyl/N-ethyl adjacent to an activating group) is 1. The highest BCUT2D eigenvalue weighted by atomic mass is 16.2. The smallest absolute Gasteiger partial charge is 0.247 e. The van der Waals surface area contributed by atoms with E-state index >= 15 is 0 Å². The third kappa shape index (κ3) is 3.58. The molecule has 52 valence electrons. The van der Waals surface area contributed by atoms with E-state index in [0.717, 1.165) is 0 Å². The third-order valence-electron chi connectivity index (χ3n) is 0.833. The molecule has 0 saturated heterocycles. The molecule has 0 aliphatic carbocycles. The zero-order valence-corrected chi connectivity index (χ0v) is 6.01. The maximum Gasteiger partial charge on any atom is 0.247 e. The molecular weight excluding hydrogens is 116 g/mol. The predicted octanol–water partition coefficient (Wildman–Crippen LogP) is -0.192. The van der Waals surface area contributed by atoms with Crippen molar-refractivity contribution in [2.75, 3.05) is 21.1 Å². The number of carbonyl (C=O) groups excluding carboxylic acids is 1. The van der Waals surface area contributed by atoms with Crippen molar-refractivity contribution in [2.24, 2.45) is 0 Å². The van der Waals surface area contributed by atoms with Gasteiger partial charge in [0.05, 0.1) is 0 Å². The molecule has 1 amide bonds. The van der Waals surface area contributed by atoms with Crippen LogP contribution in [0.5, 0.6) is 0 Å². The molecule has 0 aromatic carbocycles. The van der Waals surface area contributed by atoms with Gasteiger partial charge in [-0.05, 0) is 0 Å². The summed E-state index contributed by atoms with van der Waals surface area (Å²) in [5.74, 6) is -0.00986. The second kappa shape index (κ2) is 3.95. The van der Waals surface area contributed by atoms with Crippen molar-refractivity contribution in [2.45, 2.75) is 0 Å². The van der Waals surface area contributed by atoms with E-state index in [9.17, 15) is 4.79 Å². The molecule has 0 heterocycles. The standard InChI is InChI=1S/C6H12N2O/c1-7-5-4-6(9)8(2)3/h4-5,7H,1-3H3/b5-4-. The number of hydrogen-bond donors (Lipinski definition) is 1. The van der Waals surface area contributed by atoms with Crippen molar-refractivity contribution in [1.29, 1.82) is 0 Å². The molecule has 0 aliphatic rings. The van der Waals surface area contributed by atoms with Gasteiger partial charge in [0.15, 0.2) is 0 Å². The van der Waals surface area contributed by atoms with Crippen LogP contribution in [0.3, 0.4) is 0 Å². The van der Waals surface area contributed by atoms with Crippen LogP contribution in [0, 0.1) is 0 Å². The van der Waals surface area contributed by atoms with Gasteiger partial charge in [-0.3, -0.25) is 4.79 Å². The number of amides is 1. The Kier molecular flexibility index (Phi) is 3.51. The van der Waals surface area contributed by atoms with E-state index < -0.39 is 0 Å². The highest BCUT2D eigenvalue weighted by Gasteiger charge is 1.93. The third-order valence-corrected chi connectivity index (χ3v) is 0.833. The van der Waals surface area contributed by atoms with Crippen LogP contribution in [0.15, 0.2) is 12.3 Å². The lowest BCUT2D eigenvalue weighted by atomic mass is 10.5. The topological polar surface area (TPSA) is 32.3 Å². The first-order valence-electron chi connectivity index (χ1n) is 2.73. The van der Waals surface area contributed by atoms with E-state index in [1.54, 1.807) is 27.3 Å². The van der Waals surface area contributed by atoms with Gasteiger partial charge in [-0.15, -0.1) is 0 Å². The summed E-state index contributed by atoms with van der Waals surface area (Å²) >= 11 is 0. The Hall–Kier alpha value is -0.990. The summed E-state index contributed by atoms with van der Waals surface area (Å²) in [5.41, 5.74) is 0. The number of nitrogens with zero attached hydrogens (tertiary/aromatic N) is 1. The van der Waals surface area contributed by atoms with Crippen LogP contribution in [-0.2, 0) is 4.79 Å². The number of nitrogens with one attached hydrogen (secondary N) is 1. The molecule has 0 unspecified atom stereocenters. The fourth-order valence-corrected chi connectivity index (χ4v) is 0.304. The van der Waals surface area contributed by atoms with Gasteiger partial charge in [-0.25, -0.2) is 0 Å². The van der Waals surface area contributed by atoms with Crippen LogP contribution in [0.1, 0.15) is 0 Å². The van der Waals surface area contributed by atoms with Gasteiger partial charge in [0.25, 0.3) is 0 Å². The SMILES string of the molecule is CN/C=C\C(=O)N(C)C. The van der Waals surface area contributed by atoms with Gasteiger partial charge in [0, 0.05) is 33.4 Å². The molecule has 0 aliphatic heterocycles. The van der Waals surface area contributed by atoms with Crippen LogP contribution >= 0.6 is 0 Å². The highest BCUT2D eigenvalue weighted by Crippen LogP contribution is 1.77. The van der Waals surface area contributed by atoms with Crippen LogP contribution in [0.2, 0.25) is 0 Å². The summed E-state index contributed by atoms with van der Waals surface area (Å²) in [7, 11) is 5.17. The van der Waals surface area contributed by atoms with Crippen molar-refractivity contribution >= 4 is 5.91 Å². The van der Waals surface area contributed by atoms with Crippen LogP contribution in [0.4, 0.5) is 0 Å². The quantitative estimate of drug-likeness (QED) is 0.523. The zero-order valence-electron chi connectivity index (χ0n) is 6.01. The van der Waals surface area contributed by atoms with Crippen molar-refractivity contribution in [1.82, 2.24) is 10.2 Å². The summed E-state index contributed by atoms with van der Waals surface area (Å²) in [4.78, 5) is 12.2. The van der Waals surface area contributed by atoms with Gasteiger partial charge in [0.1, 0.15) is 0 Å². The van der Waals surface area contributed by atoms with E-state index in [1.165, 1.54) is 11.0 Å². The van der Waals surface area contributed by atoms with Gasteiger partial charge in [-0.1, -0.05) is 0 Å². The summed E-state index contributed by atoms with van der Waals surface area (Å²) < 4.78 is 0. The first kappa shape index (κ1) is 8.01. The van der Waals surface area contributed by atoms with Crippen LogP contribution in [-0.4, -0.2) is 32.0 Å². The summed E-state index contributed by atoms with van der Waals surface area (Å²) in [6.07, 6.45) is 3.07. The van der Waals surface area contributed by atoms with Crippen molar-refractivity contribution in [3.8, 4) is 0 Å². The second-order valence-electron chi connectivity index (χ2n) is 1.85. The van der Waals surface area contributed by atoms with Gasteiger partial charge < -0.3 is 10.2 Å². The lowest BCUT2D eigenvalue weighted by Gasteiger charge is -2.04. The summed E-state index contributed by atoms with van der Waals surface area (Å²) in [6, 6.07) is 0. The molecule has 0 spiro atoms. The first-order chi connectivity index (χ1) is 4.18. The molecule has 0 radical (unpaired) electrons. The maximum absolute atomic E-state index is 10.7. The van der Waals surface area contributed by atoms with E-state index in [4.69, 9.17) is 0 Å². The lowest BCUT2D eigenvalue weighted by Crippen LogP contribution is -2.19. The van der Waals surface area contributed by atoms with Crippen molar-refractivity contribution in [3.05, 3.63) is 12.3 Å². The number of carbonyl (C=O) groups is 1. The second-order valence-corrected chi connectivity index (χ2v) is 1.85.